The van der Waals surface area contributed by atoms with Crippen LogP contribution in [0.1, 0.15) is 32.6 Å². The van der Waals surface area contributed by atoms with E-state index < -0.39 is 5.97 Å². The van der Waals surface area contributed by atoms with Gasteiger partial charge in [0.2, 0.25) is 0 Å². The Morgan fingerprint density at radius 1 is 0.968 bits per heavy atom. The molecular weight excluding hydrogens is 454 g/mol. The summed E-state index contributed by atoms with van der Waals surface area (Å²) in [6.45, 7) is 2.41. The number of halogens is 1. The molecule has 0 N–H and O–H groups in total. The standard InChI is InChI=1S/C26H22BrNO3/c1-17-8-10-18(11-9-17)12-20-13-21-23(27)14-22(26(29)30-2)25(24(21)28-15-20)31-16-19-6-4-3-5-7-19/h3-11,13-15H,12,16H2,1-2H3. The fraction of sp³-hybridized carbons (Fsp3) is 0.154. The summed E-state index contributed by atoms with van der Waals surface area (Å²) in [5, 5.41) is 0.889. The van der Waals surface area contributed by atoms with Gasteiger partial charge in [-0.15, -0.1) is 0 Å². The molecule has 4 rings (SSSR count). The number of hydrogen-bond acceptors (Lipinski definition) is 4. The van der Waals surface area contributed by atoms with Crippen LogP contribution in [0, 0.1) is 6.92 Å². The van der Waals surface area contributed by atoms with Gasteiger partial charge < -0.3 is 9.47 Å². The third-order valence-corrected chi connectivity index (χ3v) is 5.75. The van der Waals surface area contributed by atoms with Crippen molar-refractivity contribution < 1.29 is 14.3 Å². The molecule has 4 nitrogen and oxygen atoms in total. The SMILES string of the molecule is COC(=O)c1cc(Br)c2cc(Cc3ccc(C)cc3)cnc2c1OCc1ccccc1. The van der Waals surface area contributed by atoms with Crippen LogP contribution >= 0.6 is 15.9 Å². The third-order valence-electron chi connectivity index (χ3n) is 5.09. The molecule has 31 heavy (non-hydrogen) atoms. The molecule has 4 aromatic rings. The average molecular weight is 476 g/mol. The van der Waals surface area contributed by atoms with E-state index in [9.17, 15) is 4.79 Å². The number of hydrogen-bond donors (Lipinski definition) is 0. The molecule has 0 amide bonds. The van der Waals surface area contributed by atoms with Crippen molar-refractivity contribution in [1.29, 1.82) is 0 Å². The molecule has 0 saturated heterocycles. The second-order valence-electron chi connectivity index (χ2n) is 7.40. The summed E-state index contributed by atoms with van der Waals surface area (Å²) in [7, 11) is 1.36. The molecule has 156 valence electrons. The van der Waals surface area contributed by atoms with Gasteiger partial charge in [-0.3, -0.25) is 4.98 Å². The van der Waals surface area contributed by atoms with Gasteiger partial charge >= 0.3 is 5.97 Å². The number of methoxy groups -OCH3 is 1. The zero-order chi connectivity index (χ0) is 21.8. The van der Waals surface area contributed by atoms with Gasteiger partial charge in [0.15, 0.2) is 5.75 Å². The quantitative estimate of drug-likeness (QED) is 0.308. The first-order valence-electron chi connectivity index (χ1n) is 9.97. The number of ether oxygens (including phenoxy) is 2. The Bertz CT molecular complexity index is 1220. The average Bonchev–Trinajstić information content (AvgIpc) is 2.80. The lowest BCUT2D eigenvalue weighted by Gasteiger charge is -2.15. The van der Waals surface area contributed by atoms with Gasteiger partial charge in [0.25, 0.3) is 0 Å². The molecular formula is C26H22BrNO3. The van der Waals surface area contributed by atoms with Crippen LogP contribution in [0.15, 0.2) is 77.4 Å². The fourth-order valence-corrected chi connectivity index (χ4v) is 3.98. The van der Waals surface area contributed by atoms with Crippen LogP contribution < -0.4 is 4.74 Å². The van der Waals surface area contributed by atoms with E-state index in [1.54, 1.807) is 6.07 Å². The van der Waals surface area contributed by atoms with Gasteiger partial charge in [0.1, 0.15) is 17.7 Å². The first-order valence-corrected chi connectivity index (χ1v) is 10.8. The smallest absolute Gasteiger partial charge is 0.341 e. The number of carbonyl (C=O) groups is 1. The van der Waals surface area contributed by atoms with E-state index in [-0.39, 0.29) is 0 Å². The van der Waals surface area contributed by atoms with E-state index in [0.717, 1.165) is 27.4 Å². The van der Waals surface area contributed by atoms with Crippen LogP contribution in [0.5, 0.6) is 5.75 Å². The summed E-state index contributed by atoms with van der Waals surface area (Å²) < 4.78 is 11.9. The second kappa shape index (κ2) is 9.31. The van der Waals surface area contributed by atoms with E-state index in [0.29, 0.717) is 23.4 Å². The molecule has 0 spiro atoms. The van der Waals surface area contributed by atoms with Gasteiger partial charge in [-0.1, -0.05) is 76.1 Å². The second-order valence-corrected chi connectivity index (χ2v) is 8.26. The van der Waals surface area contributed by atoms with Crippen LogP contribution in [0.25, 0.3) is 10.9 Å². The molecule has 0 unspecified atom stereocenters. The minimum Gasteiger partial charge on any atom is -0.486 e. The summed E-state index contributed by atoms with van der Waals surface area (Å²) >= 11 is 3.60. The first kappa shape index (κ1) is 21.1. The minimum atomic E-state index is -0.462. The summed E-state index contributed by atoms with van der Waals surface area (Å²) in [6.07, 6.45) is 2.61. The first-order chi connectivity index (χ1) is 15.0. The normalized spacial score (nSPS) is 10.8. The minimum absolute atomic E-state index is 0.328. The van der Waals surface area contributed by atoms with Crippen LogP contribution in [-0.4, -0.2) is 18.1 Å². The molecule has 0 atom stereocenters. The predicted octanol–water partition coefficient (Wildman–Crippen LogP) is 6.26. The van der Waals surface area contributed by atoms with Gasteiger partial charge in [-0.05, 0) is 42.2 Å². The van der Waals surface area contributed by atoms with E-state index in [4.69, 9.17) is 9.47 Å². The summed E-state index contributed by atoms with van der Waals surface area (Å²) in [6, 6.07) is 22.1. The van der Waals surface area contributed by atoms with E-state index in [2.05, 4.69) is 58.2 Å². The number of esters is 1. The van der Waals surface area contributed by atoms with E-state index >= 15 is 0 Å². The van der Waals surface area contributed by atoms with Gasteiger partial charge in [-0.25, -0.2) is 4.79 Å². The predicted molar refractivity (Wildman–Crippen MR) is 126 cm³/mol. The lowest BCUT2D eigenvalue weighted by molar-refractivity contribution is 0.0596. The third kappa shape index (κ3) is 4.78. The molecule has 1 aromatic heterocycles. The fourth-order valence-electron chi connectivity index (χ4n) is 3.44. The highest BCUT2D eigenvalue weighted by Gasteiger charge is 2.20. The Balaban J connectivity index is 1.74. The van der Waals surface area contributed by atoms with Crippen molar-refractivity contribution in [2.24, 2.45) is 0 Å². The van der Waals surface area contributed by atoms with Gasteiger partial charge in [0.05, 0.1) is 7.11 Å². The lowest BCUT2D eigenvalue weighted by atomic mass is 10.0. The Kier molecular flexibility index (Phi) is 6.33. The Morgan fingerprint density at radius 3 is 2.42 bits per heavy atom. The largest absolute Gasteiger partial charge is 0.486 e. The Hall–Kier alpha value is -3.18. The zero-order valence-electron chi connectivity index (χ0n) is 17.4. The maximum atomic E-state index is 12.4. The maximum Gasteiger partial charge on any atom is 0.341 e. The molecule has 0 fully saturated rings. The topological polar surface area (TPSA) is 48.4 Å². The molecule has 0 bridgehead atoms. The van der Waals surface area contributed by atoms with Crippen molar-refractivity contribution >= 4 is 32.8 Å². The number of pyridine rings is 1. The summed E-state index contributed by atoms with van der Waals surface area (Å²) in [5.41, 5.74) is 5.51. The van der Waals surface area contributed by atoms with Crippen molar-refractivity contribution in [3.05, 3.63) is 105 Å². The van der Waals surface area contributed by atoms with Crippen molar-refractivity contribution in [1.82, 2.24) is 4.98 Å². The zero-order valence-corrected chi connectivity index (χ0v) is 19.0. The monoisotopic (exact) mass is 475 g/mol. The van der Waals surface area contributed by atoms with E-state index in [1.165, 1.54) is 18.2 Å². The van der Waals surface area contributed by atoms with Crippen molar-refractivity contribution in [3.8, 4) is 5.75 Å². The van der Waals surface area contributed by atoms with Crippen molar-refractivity contribution in [2.45, 2.75) is 20.0 Å². The van der Waals surface area contributed by atoms with Crippen LogP contribution in [0.3, 0.4) is 0 Å². The van der Waals surface area contributed by atoms with Crippen molar-refractivity contribution in [3.63, 3.8) is 0 Å². The van der Waals surface area contributed by atoms with Crippen molar-refractivity contribution in [2.75, 3.05) is 7.11 Å². The lowest BCUT2D eigenvalue weighted by Crippen LogP contribution is -2.07. The Labute approximate surface area is 190 Å². The van der Waals surface area contributed by atoms with Gasteiger partial charge in [-0.2, -0.15) is 0 Å². The Morgan fingerprint density at radius 2 is 1.71 bits per heavy atom. The molecule has 0 saturated carbocycles. The molecule has 5 heteroatoms. The molecule has 0 aliphatic carbocycles. The summed E-state index contributed by atoms with van der Waals surface area (Å²) in [5.74, 6) is -0.0352. The number of fused-ring (bicyclic) bond motifs is 1. The highest BCUT2D eigenvalue weighted by atomic mass is 79.9. The molecule has 1 heterocycles. The van der Waals surface area contributed by atoms with Crippen LogP contribution in [0.2, 0.25) is 0 Å². The molecule has 0 radical (unpaired) electrons. The van der Waals surface area contributed by atoms with Crippen LogP contribution in [0.4, 0.5) is 0 Å². The van der Waals surface area contributed by atoms with Crippen LogP contribution in [-0.2, 0) is 17.8 Å². The molecule has 3 aromatic carbocycles. The number of aromatic nitrogens is 1. The van der Waals surface area contributed by atoms with E-state index in [1.807, 2.05) is 36.5 Å². The van der Waals surface area contributed by atoms with Gasteiger partial charge in [0, 0.05) is 16.1 Å². The number of nitrogens with zero attached hydrogens (tertiary/aromatic N) is 1. The number of aryl methyl sites for hydroxylation is 1. The summed E-state index contributed by atoms with van der Waals surface area (Å²) in [4.78, 5) is 17.1. The number of benzene rings is 3. The highest BCUT2D eigenvalue weighted by Crippen LogP contribution is 2.36. The highest BCUT2D eigenvalue weighted by molar-refractivity contribution is 9.10. The number of rotatable bonds is 6. The maximum absolute atomic E-state index is 12.4. The molecule has 0 aliphatic rings. The number of carbonyl (C=O) groups excluding carboxylic acids is 1. The molecule has 0 aliphatic heterocycles.